The van der Waals surface area contributed by atoms with E-state index >= 15 is 0 Å². The van der Waals surface area contributed by atoms with Crippen LogP contribution in [0, 0.1) is 5.92 Å². The van der Waals surface area contributed by atoms with Crippen LogP contribution in [-0.4, -0.2) is 66.9 Å². The van der Waals surface area contributed by atoms with Crippen molar-refractivity contribution in [2.75, 3.05) is 50.9 Å². The molecule has 0 bridgehead atoms. The molecule has 2 aliphatic heterocycles. The van der Waals surface area contributed by atoms with E-state index in [9.17, 15) is 0 Å². The van der Waals surface area contributed by atoms with Gasteiger partial charge in [-0.25, -0.2) is 0 Å². The molecule has 1 aromatic heterocycles. The molecule has 0 spiro atoms. The Kier molecular flexibility index (Phi) is 5.67. The predicted molar refractivity (Wildman–Crippen MR) is 90.0 cm³/mol. The zero-order chi connectivity index (χ0) is 16.1. The minimum absolute atomic E-state index is 0.489. The van der Waals surface area contributed by atoms with Crippen molar-refractivity contribution < 1.29 is 9.47 Å². The highest BCUT2D eigenvalue weighted by Gasteiger charge is 2.26. The summed E-state index contributed by atoms with van der Waals surface area (Å²) in [6.45, 7) is 10.9. The summed E-state index contributed by atoms with van der Waals surface area (Å²) in [5.74, 6) is 2.05. The maximum absolute atomic E-state index is 5.69. The van der Waals surface area contributed by atoms with Gasteiger partial charge in [-0.3, -0.25) is 9.88 Å². The van der Waals surface area contributed by atoms with E-state index in [1.165, 1.54) is 12.8 Å². The summed E-state index contributed by atoms with van der Waals surface area (Å²) in [4.78, 5) is 13.8. The summed E-state index contributed by atoms with van der Waals surface area (Å²) < 4.78 is 11.2. The van der Waals surface area contributed by atoms with Crippen molar-refractivity contribution in [3.05, 3.63) is 12.4 Å². The first-order valence-corrected chi connectivity index (χ1v) is 8.74. The molecule has 6 heteroatoms. The van der Waals surface area contributed by atoms with Crippen molar-refractivity contribution in [2.45, 2.75) is 32.7 Å². The van der Waals surface area contributed by atoms with Crippen LogP contribution in [-0.2, 0) is 4.74 Å². The first kappa shape index (κ1) is 16.5. The van der Waals surface area contributed by atoms with Crippen LogP contribution in [0.15, 0.2) is 12.4 Å². The van der Waals surface area contributed by atoms with Gasteiger partial charge in [0.15, 0.2) is 5.82 Å². The average Bonchev–Trinajstić information content (AvgIpc) is 2.61. The standard InChI is InChI=1S/C17H28N4O2/c1-14(2)13-23-17-12-18-11-16(19-17)21-7-5-20(6-8-21)15-3-9-22-10-4-15/h11-12,14-15H,3-10,13H2,1-2H3. The predicted octanol–water partition coefficient (Wildman–Crippen LogP) is 1.81. The topological polar surface area (TPSA) is 50.7 Å². The molecule has 0 aliphatic carbocycles. The zero-order valence-corrected chi connectivity index (χ0v) is 14.3. The van der Waals surface area contributed by atoms with Gasteiger partial charge in [0.25, 0.3) is 0 Å². The van der Waals surface area contributed by atoms with Crippen LogP contribution < -0.4 is 9.64 Å². The van der Waals surface area contributed by atoms with Crippen molar-refractivity contribution >= 4 is 5.82 Å². The monoisotopic (exact) mass is 320 g/mol. The second kappa shape index (κ2) is 7.93. The highest BCUT2D eigenvalue weighted by molar-refractivity contribution is 5.38. The van der Waals surface area contributed by atoms with Crippen LogP contribution in [0.4, 0.5) is 5.82 Å². The van der Waals surface area contributed by atoms with Crippen molar-refractivity contribution in [3.8, 4) is 5.88 Å². The fourth-order valence-corrected chi connectivity index (χ4v) is 3.18. The number of nitrogens with zero attached hydrogens (tertiary/aromatic N) is 4. The molecule has 6 nitrogen and oxygen atoms in total. The van der Waals surface area contributed by atoms with Crippen molar-refractivity contribution in [1.29, 1.82) is 0 Å². The molecule has 0 aromatic carbocycles. The summed E-state index contributed by atoms with van der Waals surface area (Å²) in [6, 6.07) is 0.692. The minimum Gasteiger partial charge on any atom is -0.476 e. The lowest BCUT2D eigenvalue weighted by molar-refractivity contribution is 0.0321. The number of hydrogen-bond donors (Lipinski definition) is 0. The van der Waals surface area contributed by atoms with E-state index < -0.39 is 0 Å². The molecule has 0 N–H and O–H groups in total. The van der Waals surface area contributed by atoms with Gasteiger partial charge in [-0.15, -0.1) is 0 Å². The summed E-state index contributed by atoms with van der Waals surface area (Å²) in [5.41, 5.74) is 0. The van der Waals surface area contributed by atoms with Crippen LogP contribution in [0.1, 0.15) is 26.7 Å². The summed E-state index contributed by atoms with van der Waals surface area (Å²) in [5, 5.41) is 0. The summed E-state index contributed by atoms with van der Waals surface area (Å²) >= 11 is 0. The van der Waals surface area contributed by atoms with Crippen molar-refractivity contribution in [1.82, 2.24) is 14.9 Å². The first-order chi connectivity index (χ1) is 11.2. The van der Waals surface area contributed by atoms with Gasteiger partial charge in [-0.05, 0) is 18.8 Å². The molecule has 2 saturated heterocycles. The number of anilines is 1. The molecule has 0 radical (unpaired) electrons. The number of ether oxygens (including phenoxy) is 2. The molecule has 0 unspecified atom stereocenters. The largest absolute Gasteiger partial charge is 0.476 e. The van der Waals surface area contributed by atoms with Gasteiger partial charge in [0.2, 0.25) is 5.88 Å². The quantitative estimate of drug-likeness (QED) is 0.825. The van der Waals surface area contributed by atoms with E-state index in [-0.39, 0.29) is 0 Å². The molecular formula is C17H28N4O2. The Balaban J connectivity index is 1.53. The fraction of sp³-hybridized carbons (Fsp3) is 0.765. The summed E-state index contributed by atoms with van der Waals surface area (Å²) in [6.07, 6.45) is 5.87. The van der Waals surface area contributed by atoms with Gasteiger partial charge in [0.1, 0.15) is 0 Å². The third-order valence-corrected chi connectivity index (χ3v) is 4.51. The van der Waals surface area contributed by atoms with Crippen LogP contribution >= 0.6 is 0 Å². The average molecular weight is 320 g/mol. The Labute approximate surface area is 138 Å². The highest BCUT2D eigenvalue weighted by Crippen LogP contribution is 2.20. The van der Waals surface area contributed by atoms with Gasteiger partial charge in [-0.1, -0.05) is 13.8 Å². The molecule has 2 aliphatic rings. The van der Waals surface area contributed by atoms with Crippen LogP contribution in [0.25, 0.3) is 0 Å². The van der Waals surface area contributed by atoms with Crippen LogP contribution in [0.5, 0.6) is 5.88 Å². The molecule has 3 rings (SSSR count). The second-order valence-electron chi connectivity index (χ2n) is 6.79. The molecule has 1 aromatic rings. The minimum atomic E-state index is 0.489. The number of piperazine rings is 1. The number of rotatable bonds is 5. The number of hydrogen-bond acceptors (Lipinski definition) is 6. The summed E-state index contributed by atoms with van der Waals surface area (Å²) in [7, 11) is 0. The zero-order valence-electron chi connectivity index (χ0n) is 14.3. The van der Waals surface area contributed by atoms with E-state index in [2.05, 4.69) is 33.6 Å². The molecule has 0 saturated carbocycles. The maximum Gasteiger partial charge on any atom is 0.234 e. The Morgan fingerprint density at radius 2 is 1.91 bits per heavy atom. The molecular weight excluding hydrogens is 292 g/mol. The molecule has 0 atom stereocenters. The molecule has 23 heavy (non-hydrogen) atoms. The van der Waals surface area contributed by atoms with Crippen LogP contribution in [0.2, 0.25) is 0 Å². The van der Waals surface area contributed by atoms with Gasteiger partial charge in [0.05, 0.1) is 19.0 Å². The molecule has 0 amide bonds. The van der Waals surface area contributed by atoms with E-state index in [0.29, 0.717) is 24.4 Å². The van der Waals surface area contributed by atoms with Crippen LogP contribution in [0.3, 0.4) is 0 Å². The second-order valence-corrected chi connectivity index (χ2v) is 6.79. The normalized spacial score (nSPS) is 20.9. The Morgan fingerprint density at radius 3 is 2.61 bits per heavy atom. The fourth-order valence-electron chi connectivity index (χ4n) is 3.18. The Bertz CT molecular complexity index is 483. The Hall–Kier alpha value is -1.40. The van der Waals surface area contributed by atoms with Gasteiger partial charge in [-0.2, -0.15) is 4.98 Å². The first-order valence-electron chi connectivity index (χ1n) is 8.74. The van der Waals surface area contributed by atoms with Gasteiger partial charge in [0, 0.05) is 45.4 Å². The third-order valence-electron chi connectivity index (χ3n) is 4.51. The molecule has 2 fully saturated rings. The highest BCUT2D eigenvalue weighted by atomic mass is 16.5. The van der Waals surface area contributed by atoms with Crippen molar-refractivity contribution in [2.24, 2.45) is 5.92 Å². The van der Waals surface area contributed by atoms with E-state index in [1.54, 1.807) is 6.20 Å². The molecule has 128 valence electrons. The van der Waals surface area contributed by atoms with E-state index in [1.807, 2.05) is 6.20 Å². The Morgan fingerprint density at radius 1 is 1.17 bits per heavy atom. The third kappa shape index (κ3) is 4.54. The maximum atomic E-state index is 5.69. The lowest BCUT2D eigenvalue weighted by Crippen LogP contribution is -2.51. The lowest BCUT2D eigenvalue weighted by atomic mass is 10.1. The van der Waals surface area contributed by atoms with E-state index in [4.69, 9.17) is 9.47 Å². The van der Waals surface area contributed by atoms with Gasteiger partial charge >= 0.3 is 0 Å². The van der Waals surface area contributed by atoms with E-state index in [0.717, 1.165) is 45.2 Å². The smallest absolute Gasteiger partial charge is 0.234 e. The van der Waals surface area contributed by atoms with Gasteiger partial charge < -0.3 is 14.4 Å². The lowest BCUT2D eigenvalue weighted by Gasteiger charge is -2.40. The number of aromatic nitrogens is 2. The SMILES string of the molecule is CC(C)COc1cncc(N2CCN(C3CCOCC3)CC2)n1. The van der Waals surface area contributed by atoms with Crippen molar-refractivity contribution in [3.63, 3.8) is 0 Å². The molecule has 3 heterocycles.